The lowest BCUT2D eigenvalue weighted by molar-refractivity contribution is 0.593. The summed E-state index contributed by atoms with van der Waals surface area (Å²) in [6.45, 7) is 0. The van der Waals surface area contributed by atoms with Gasteiger partial charge in [0.15, 0.2) is 8.07 Å². The molecule has 2 aliphatic heterocycles. The van der Waals surface area contributed by atoms with Crippen molar-refractivity contribution >= 4 is 104 Å². The van der Waals surface area contributed by atoms with Crippen molar-refractivity contribution in [2.45, 2.75) is 19.6 Å². The average molecular weight is 960 g/mol. The summed E-state index contributed by atoms with van der Waals surface area (Å²) in [4.78, 5) is 4.92. The smallest absolute Gasteiger partial charge is 0.210 e. The fourth-order valence-corrected chi connectivity index (χ4v) is 19.1. The van der Waals surface area contributed by atoms with E-state index in [1.54, 1.807) is 48.5 Å². The molecule has 10 heteroatoms. The van der Waals surface area contributed by atoms with Gasteiger partial charge in [-0.05, 0) is 112 Å². The minimum absolute atomic E-state index is 0.204. The van der Waals surface area contributed by atoms with Gasteiger partial charge in [0, 0.05) is 27.8 Å². The SMILES string of the molecule is O=S1(=O)c2ccccc2N(c2cc(N3c4ccccc4S(=O)(=O)c4ccccc43)cc([Si](c3ccccc3)(c3ccccc3)c3ccc(-n4c5ccccc5c5ccccc54)cc3)c2)c2ccccc21. The Kier molecular flexibility index (Phi) is 9.51. The van der Waals surface area contributed by atoms with Gasteiger partial charge in [-0.1, -0.05) is 158 Å². The van der Waals surface area contributed by atoms with Gasteiger partial charge in [0.1, 0.15) is 0 Å². The van der Waals surface area contributed by atoms with Crippen molar-refractivity contribution in [3.8, 4) is 5.69 Å². The molecule has 0 bridgehead atoms. The van der Waals surface area contributed by atoms with E-state index in [0.717, 1.165) is 48.8 Å². The Bertz CT molecular complexity index is 3780. The molecule has 11 aromatic rings. The van der Waals surface area contributed by atoms with Gasteiger partial charge in [-0.25, -0.2) is 16.8 Å². The van der Waals surface area contributed by atoms with Gasteiger partial charge in [0.2, 0.25) is 19.7 Å². The third-order valence-corrected chi connectivity index (χ3v) is 22.4. The van der Waals surface area contributed by atoms with Gasteiger partial charge in [-0.15, -0.1) is 0 Å². The lowest BCUT2D eigenvalue weighted by Crippen LogP contribution is -2.74. The number of rotatable bonds is 7. The van der Waals surface area contributed by atoms with E-state index < -0.39 is 27.7 Å². The molecule has 0 unspecified atom stereocenters. The first-order chi connectivity index (χ1) is 34.3. The number of hydrogen-bond donors (Lipinski definition) is 0. The van der Waals surface area contributed by atoms with E-state index in [9.17, 15) is 16.8 Å². The van der Waals surface area contributed by atoms with E-state index in [1.807, 2.05) is 60.7 Å². The summed E-state index contributed by atoms with van der Waals surface area (Å²) in [5.41, 5.74) is 6.80. The molecule has 0 saturated heterocycles. The molecule has 0 fully saturated rings. The maximum absolute atomic E-state index is 14.5. The summed E-state index contributed by atoms with van der Waals surface area (Å²) in [5, 5.41) is 6.78. The summed E-state index contributed by atoms with van der Waals surface area (Å²) < 4.78 is 60.2. The molecule has 0 radical (unpaired) electrons. The Balaban J connectivity index is 1.14. The fraction of sp³-hybridized carbons (Fsp3) is 0. The van der Waals surface area contributed by atoms with Crippen LogP contribution in [0.2, 0.25) is 0 Å². The number of nitrogens with zero attached hydrogens (tertiary/aromatic N) is 3. The molecular formula is C60H41N3O4S2Si. The van der Waals surface area contributed by atoms with E-state index in [-0.39, 0.29) is 19.6 Å². The first kappa shape index (κ1) is 41.9. The minimum atomic E-state index is -3.90. The van der Waals surface area contributed by atoms with E-state index in [1.165, 1.54) is 10.8 Å². The molecule has 0 spiro atoms. The van der Waals surface area contributed by atoms with Crippen LogP contribution in [0.15, 0.2) is 268 Å². The zero-order valence-electron chi connectivity index (χ0n) is 37.5. The molecule has 0 atom stereocenters. The van der Waals surface area contributed by atoms with Crippen molar-refractivity contribution in [1.29, 1.82) is 0 Å². The molecule has 3 heterocycles. The summed E-state index contributed by atoms with van der Waals surface area (Å²) in [6.07, 6.45) is 0. The number of anilines is 6. The Hall–Kier alpha value is -8.28. The van der Waals surface area contributed by atoms with Crippen molar-refractivity contribution in [2.24, 2.45) is 0 Å². The fourth-order valence-electron chi connectivity index (χ4n) is 11.0. The maximum Gasteiger partial charge on any atom is 0.210 e. The normalized spacial score (nSPS) is 14.4. The van der Waals surface area contributed by atoms with Gasteiger partial charge in [0.25, 0.3) is 0 Å². The topological polar surface area (TPSA) is 79.7 Å². The van der Waals surface area contributed by atoms with Crippen LogP contribution in [-0.2, 0) is 19.7 Å². The van der Waals surface area contributed by atoms with Crippen LogP contribution in [0.5, 0.6) is 0 Å². The highest BCUT2D eigenvalue weighted by Crippen LogP contribution is 2.51. The number of aromatic nitrogens is 1. The molecule has 13 rings (SSSR count). The van der Waals surface area contributed by atoms with Crippen molar-refractivity contribution in [1.82, 2.24) is 4.57 Å². The Morgan fingerprint density at radius 1 is 0.286 bits per heavy atom. The summed E-state index contributed by atoms with van der Waals surface area (Å²) in [5.74, 6) is 0. The van der Waals surface area contributed by atoms with Crippen molar-refractivity contribution in [3.05, 3.63) is 249 Å². The standard InChI is InChI=1S/C60H41N3O4S2Si/c64-68(65)57-31-15-11-27-53(57)62(54-28-12-16-32-58(54)68)43-39-44(63-55-29-13-17-33-59(55)69(66,67)60-34-18-14-30-56(60)63)41-48(40-43)70(45-19-3-1-4-20-45,46-21-5-2-6-22-46)47-37-35-42(36-38-47)61-51-25-9-7-23-49(51)50-24-8-10-26-52(50)61/h1-41H. The van der Waals surface area contributed by atoms with Gasteiger partial charge in [-0.3, -0.25) is 0 Å². The molecule has 0 N–H and O–H groups in total. The second kappa shape index (κ2) is 15.9. The number of benzene rings is 10. The lowest BCUT2D eigenvalue weighted by Gasteiger charge is -2.39. The van der Waals surface area contributed by atoms with Crippen molar-refractivity contribution in [3.63, 3.8) is 0 Å². The van der Waals surface area contributed by atoms with E-state index in [4.69, 9.17) is 0 Å². The van der Waals surface area contributed by atoms with Crippen LogP contribution in [-0.4, -0.2) is 29.5 Å². The largest absolute Gasteiger partial charge is 0.309 e. The van der Waals surface area contributed by atoms with Crippen LogP contribution in [0.1, 0.15) is 0 Å². The van der Waals surface area contributed by atoms with Crippen LogP contribution < -0.4 is 30.5 Å². The van der Waals surface area contributed by atoms with E-state index >= 15 is 0 Å². The van der Waals surface area contributed by atoms with Gasteiger partial charge in [0.05, 0.1) is 53.4 Å². The zero-order chi connectivity index (χ0) is 47.2. The first-order valence-electron chi connectivity index (χ1n) is 23.1. The van der Waals surface area contributed by atoms with Crippen molar-refractivity contribution in [2.75, 3.05) is 9.80 Å². The second-order valence-corrected chi connectivity index (χ2v) is 25.3. The van der Waals surface area contributed by atoms with Crippen LogP contribution in [0.25, 0.3) is 27.5 Å². The minimum Gasteiger partial charge on any atom is -0.309 e. The Labute approximate surface area is 407 Å². The van der Waals surface area contributed by atoms with E-state index in [0.29, 0.717) is 22.7 Å². The highest BCUT2D eigenvalue weighted by Gasteiger charge is 2.44. The summed E-state index contributed by atoms with van der Waals surface area (Å²) >= 11 is 0. The third-order valence-electron chi connectivity index (χ3n) is 14.0. The predicted octanol–water partition coefficient (Wildman–Crippen LogP) is 11.4. The highest BCUT2D eigenvalue weighted by atomic mass is 32.2. The number of para-hydroxylation sites is 6. The number of sulfone groups is 2. The number of fused-ring (bicyclic) bond motifs is 7. The summed E-state index contributed by atoms with van der Waals surface area (Å²) in [6, 6.07) is 82.7. The van der Waals surface area contributed by atoms with E-state index in [2.05, 4.69) is 154 Å². The van der Waals surface area contributed by atoms with Gasteiger partial charge in [-0.2, -0.15) is 0 Å². The summed E-state index contributed by atoms with van der Waals surface area (Å²) in [7, 11) is -11.2. The molecule has 0 saturated carbocycles. The Morgan fingerprint density at radius 3 is 1.01 bits per heavy atom. The molecule has 7 nitrogen and oxygen atoms in total. The molecule has 1 aromatic heterocycles. The lowest BCUT2D eigenvalue weighted by atomic mass is 10.1. The van der Waals surface area contributed by atoms with Gasteiger partial charge >= 0.3 is 0 Å². The van der Waals surface area contributed by atoms with Gasteiger partial charge < -0.3 is 14.4 Å². The molecule has 0 amide bonds. The zero-order valence-corrected chi connectivity index (χ0v) is 40.1. The van der Waals surface area contributed by atoms with Crippen LogP contribution in [0, 0.1) is 0 Å². The molecule has 10 aromatic carbocycles. The molecule has 70 heavy (non-hydrogen) atoms. The van der Waals surface area contributed by atoms with Crippen LogP contribution in [0.4, 0.5) is 34.1 Å². The van der Waals surface area contributed by atoms with Crippen molar-refractivity contribution < 1.29 is 16.8 Å². The monoisotopic (exact) mass is 959 g/mol. The predicted molar refractivity (Wildman–Crippen MR) is 285 cm³/mol. The Morgan fingerprint density at radius 2 is 0.614 bits per heavy atom. The first-order valence-corrected chi connectivity index (χ1v) is 28.1. The average Bonchev–Trinajstić information content (AvgIpc) is 3.74. The quantitative estimate of drug-likeness (QED) is 0.117. The molecular weight excluding hydrogens is 919 g/mol. The van der Waals surface area contributed by atoms with Crippen LogP contribution >= 0.6 is 0 Å². The maximum atomic E-state index is 14.5. The highest BCUT2D eigenvalue weighted by molar-refractivity contribution is 7.92. The number of hydrogen-bond acceptors (Lipinski definition) is 6. The second-order valence-electron chi connectivity index (χ2n) is 17.7. The van der Waals surface area contributed by atoms with Crippen LogP contribution in [0.3, 0.4) is 0 Å². The molecule has 0 aliphatic carbocycles. The molecule has 336 valence electrons. The third kappa shape index (κ3) is 6.10. The molecule has 2 aliphatic rings.